The normalized spacial score (nSPS) is 14.0. The van der Waals surface area contributed by atoms with Crippen LogP contribution in [-0.2, 0) is 65.4 Å². The van der Waals surface area contributed by atoms with Gasteiger partial charge in [0.2, 0.25) is 0 Å². The van der Waals surface area contributed by atoms with E-state index in [1.807, 2.05) is 0 Å². The summed E-state index contributed by atoms with van der Waals surface area (Å²) in [7, 11) is -9.92. The number of rotatable bonds is 78. The van der Waals surface area contributed by atoms with Crippen LogP contribution in [0.2, 0.25) is 0 Å². The van der Waals surface area contributed by atoms with Gasteiger partial charge in [0, 0.05) is 25.7 Å². The van der Waals surface area contributed by atoms with E-state index >= 15 is 0 Å². The number of carbonyl (C=O) groups excluding carboxylic acids is 4. The van der Waals surface area contributed by atoms with E-state index in [0.717, 1.165) is 114 Å². The zero-order chi connectivity index (χ0) is 73.8. The van der Waals surface area contributed by atoms with Crippen molar-refractivity contribution < 1.29 is 80.2 Å². The number of aliphatic hydroxyl groups is 1. The molecule has 2 unspecified atom stereocenters. The number of phosphoric acid groups is 2. The van der Waals surface area contributed by atoms with Gasteiger partial charge < -0.3 is 33.8 Å². The molecule has 17 nitrogen and oxygen atoms in total. The molecule has 0 aromatic rings. The van der Waals surface area contributed by atoms with Crippen molar-refractivity contribution in [1.29, 1.82) is 0 Å². The van der Waals surface area contributed by atoms with Gasteiger partial charge in [-0.15, -0.1) is 0 Å². The van der Waals surface area contributed by atoms with E-state index in [1.54, 1.807) is 0 Å². The number of ether oxygens (including phenoxy) is 4. The molecule has 0 radical (unpaired) electrons. The van der Waals surface area contributed by atoms with Crippen LogP contribution in [0, 0.1) is 23.7 Å². The predicted octanol–water partition coefficient (Wildman–Crippen LogP) is 24.0. The summed E-state index contributed by atoms with van der Waals surface area (Å²) in [6.45, 7) is 14.3. The maximum atomic E-state index is 13.1. The first-order valence-electron chi connectivity index (χ1n) is 41.7. The van der Waals surface area contributed by atoms with E-state index in [4.69, 9.17) is 37.0 Å². The molecule has 0 aliphatic heterocycles. The summed E-state index contributed by atoms with van der Waals surface area (Å²) >= 11 is 0. The van der Waals surface area contributed by atoms with Crippen molar-refractivity contribution in [3.8, 4) is 0 Å². The summed E-state index contributed by atoms with van der Waals surface area (Å²) < 4.78 is 68.7. The lowest BCUT2D eigenvalue weighted by Gasteiger charge is -2.21. The molecule has 0 bridgehead atoms. The summed E-state index contributed by atoms with van der Waals surface area (Å²) in [5.74, 6) is 0.975. The molecule has 5 atom stereocenters. The van der Waals surface area contributed by atoms with Crippen molar-refractivity contribution in [2.45, 2.75) is 433 Å². The topological polar surface area (TPSA) is 237 Å². The first-order chi connectivity index (χ1) is 48.1. The number of hydrogen-bond donors (Lipinski definition) is 3. The fourth-order valence-electron chi connectivity index (χ4n) is 12.4. The molecule has 0 aliphatic rings. The Bertz CT molecular complexity index is 1950. The first kappa shape index (κ1) is 98.1. The molecule has 0 spiro atoms. The van der Waals surface area contributed by atoms with Crippen molar-refractivity contribution in [2.75, 3.05) is 39.6 Å². The maximum Gasteiger partial charge on any atom is 0.472 e. The molecular weight excluding hydrogens is 1310 g/mol. The Labute approximate surface area is 613 Å². The lowest BCUT2D eigenvalue weighted by molar-refractivity contribution is -0.161. The van der Waals surface area contributed by atoms with Crippen LogP contribution in [0.3, 0.4) is 0 Å². The van der Waals surface area contributed by atoms with Crippen LogP contribution in [0.1, 0.15) is 415 Å². The quantitative estimate of drug-likeness (QED) is 0.0222. The SMILES string of the molecule is CC(C)CCCCCCCCCCCCCCCCCCCCC(=O)O[C@H](COC(=O)CCCCCCCCCCCCC(C)C)COP(=O)(O)OC[C@@H](O)COP(=O)(O)OC[C@@H](COC(=O)CCCCCCCCCCCCC(C)C)OC(=O)CCCCCCCCCCCCC(C)C. The van der Waals surface area contributed by atoms with Gasteiger partial charge in [0.15, 0.2) is 12.2 Å². The third-order valence-corrected chi connectivity index (χ3v) is 20.7. The summed E-state index contributed by atoms with van der Waals surface area (Å²) in [5, 5.41) is 10.6. The average molecular weight is 1470 g/mol. The van der Waals surface area contributed by atoms with Gasteiger partial charge in [-0.2, -0.15) is 0 Å². The molecule has 100 heavy (non-hydrogen) atoms. The van der Waals surface area contributed by atoms with Gasteiger partial charge >= 0.3 is 39.5 Å². The minimum absolute atomic E-state index is 0.105. The van der Waals surface area contributed by atoms with Gasteiger partial charge in [-0.25, -0.2) is 9.13 Å². The smallest absolute Gasteiger partial charge is 0.462 e. The molecule has 0 saturated heterocycles. The Kier molecular flexibility index (Phi) is 68.7. The lowest BCUT2D eigenvalue weighted by atomic mass is 10.0. The molecule has 3 N–H and O–H groups in total. The largest absolute Gasteiger partial charge is 0.472 e. The molecular formula is C81H158O17P2. The summed E-state index contributed by atoms with van der Waals surface area (Å²) in [5.41, 5.74) is 0. The minimum atomic E-state index is -4.96. The van der Waals surface area contributed by atoms with Gasteiger partial charge in [0.05, 0.1) is 26.4 Å². The zero-order valence-electron chi connectivity index (χ0n) is 65.8. The molecule has 0 aromatic carbocycles. The second-order valence-corrected chi connectivity index (χ2v) is 34.0. The van der Waals surface area contributed by atoms with Crippen molar-refractivity contribution >= 4 is 39.5 Å². The second kappa shape index (κ2) is 70.1. The van der Waals surface area contributed by atoms with Crippen LogP contribution >= 0.6 is 15.6 Å². The third-order valence-electron chi connectivity index (χ3n) is 18.8. The Balaban J connectivity index is 5.23. The highest BCUT2D eigenvalue weighted by Crippen LogP contribution is 2.45. The molecule has 19 heteroatoms. The van der Waals surface area contributed by atoms with Gasteiger partial charge in [0.1, 0.15) is 19.3 Å². The maximum absolute atomic E-state index is 13.1. The monoisotopic (exact) mass is 1470 g/mol. The van der Waals surface area contributed by atoms with Gasteiger partial charge in [-0.3, -0.25) is 37.3 Å². The van der Waals surface area contributed by atoms with Crippen molar-refractivity contribution in [1.82, 2.24) is 0 Å². The van der Waals surface area contributed by atoms with Gasteiger partial charge in [-0.1, -0.05) is 364 Å². The minimum Gasteiger partial charge on any atom is -0.462 e. The molecule has 0 fully saturated rings. The summed E-state index contributed by atoms with van der Waals surface area (Å²) in [4.78, 5) is 73.0. The number of aliphatic hydroxyl groups excluding tert-OH is 1. The standard InChI is InChI=1S/C81H158O17P2/c1-71(2)57-49-41-33-25-17-15-13-11-9-10-12-14-16-18-31-39-47-55-63-80(85)97-76(67-91-78(83)61-53-45-37-29-22-19-26-34-42-50-58-72(3)4)69-95-99(87,88)93-65-75(82)66-94-100(89,90)96-70-77(98-81(86)64-56-48-40-32-24-21-28-36-44-52-60-74(7)8)68-92-79(84)62-54-46-38-30-23-20-27-35-43-51-59-73(5)6/h71-77,82H,9-70H2,1-8H3,(H,87,88)(H,89,90)/t75-,76-,77-/m1/s1. The highest BCUT2D eigenvalue weighted by molar-refractivity contribution is 7.47. The Morgan fingerprint density at radius 2 is 0.420 bits per heavy atom. The van der Waals surface area contributed by atoms with E-state index in [1.165, 1.54) is 218 Å². The van der Waals surface area contributed by atoms with Crippen LogP contribution < -0.4 is 0 Å². The van der Waals surface area contributed by atoms with Crippen LogP contribution in [0.25, 0.3) is 0 Å². The van der Waals surface area contributed by atoms with E-state index in [2.05, 4.69) is 55.4 Å². The van der Waals surface area contributed by atoms with E-state index < -0.39 is 97.5 Å². The molecule has 594 valence electrons. The van der Waals surface area contributed by atoms with E-state index in [9.17, 15) is 43.2 Å². The lowest BCUT2D eigenvalue weighted by Crippen LogP contribution is -2.30. The van der Waals surface area contributed by atoms with Crippen LogP contribution in [0.5, 0.6) is 0 Å². The van der Waals surface area contributed by atoms with E-state index in [0.29, 0.717) is 25.7 Å². The van der Waals surface area contributed by atoms with Crippen LogP contribution in [0.15, 0.2) is 0 Å². The third kappa shape index (κ3) is 74.3. The van der Waals surface area contributed by atoms with Crippen molar-refractivity contribution in [3.63, 3.8) is 0 Å². The van der Waals surface area contributed by atoms with Crippen molar-refractivity contribution in [2.24, 2.45) is 23.7 Å². The summed E-state index contributed by atoms with van der Waals surface area (Å²) in [6, 6.07) is 0. The van der Waals surface area contributed by atoms with Crippen LogP contribution in [0.4, 0.5) is 0 Å². The highest BCUT2D eigenvalue weighted by atomic mass is 31.2. The fraction of sp³-hybridized carbons (Fsp3) is 0.951. The zero-order valence-corrected chi connectivity index (χ0v) is 67.6. The molecule has 0 amide bonds. The predicted molar refractivity (Wildman–Crippen MR) is 409 cm³/mol. The number of unbranched alkanes of at least 4 members (excludes halogenated alkanes) is 44. The fourth-order valence-corrected chi connectivity index (χ4v) is 14.0. The molecule has 0 aliphatic carbocycles. The number of carbonyl (C=O) groups is 4. The van der Waals surface area contributed by atoms with E-state index in [-0.39, 0.29) is 25.7 Å². The second-order valence-electron chi connectivity index (χ2n) is 31.1. The Hall–Kier alpha value is -1.94. The van der Waals surface area contributed by atoms with Gasteiger partial charge in [0.25, 0.3) is 0 Å². The number of hydrogen-bond acceptors (Lipinski definition) is 15. The van der Waals surface area contributed by atoms with Crippen molar-refractivity contribution in [3.05, 3.63) is 0 Å². The Morgan fingerprint density at radius 3 is 0.620 bits per heavy atom. The Morgan fingerprint density at radius 1 is 0.250 bits per heavy atom. The molecule has 0 heterocycles. The number of phosphoric ester groups is 2. The highest BCUT2D eigenvalue weighted by Gasteiger charge is 2.30. The molecule has 0 saturated carbocycles. The average Bonchev–Trinajstić information content (AvgIpc) is 0.910. The van der Waals surface area contributed by atoms with Gasteiger partial charge in [-0.05, 0) is 49.4 Å². The van der Waals surface area contributed by atoms with Crippen LogP contribution in [-0.4, -0.2) is 96.7 Å². The molecule has 0 aromatic heterocycles. The molecule has 0 rings (SSSR count). The number of esters is 4. The summed E-state index contributed by atoms with van der Waals surface area (Å²) in [6.07, 6.45) is 56.9. The first-order valence-corrected chi connectivity index (χ1v) is 44.7.